The molecule has 0 amide bonds. The minimum Gasteiger partial charge on any atom is -0.457 e. The summed E-state index contributed by atoms with van der Waals surface area (Å²) < 4.78 is 7.12. The molecule has 0 radical (unpaired) electrons. The van der Waals surface area contributed by atoms with E-state index in [1.165, 1.54) is 6.08 Å². The lowest BCUT2D eigenvalue weighted by atomic mass is 10.1. The number of aryl methyl sites for hydroxylation is 1. The average molecular weight is 298 g/mol. The van der Waals surface area contributed by atoms with E-state index in [9.17, 15) is 4.79 Å². The van der Waals surface area contributed by atoms with Gasteiger partial charge in [0.2, 0.25) is 0 Å². The summed E-state index contributed by atoms with van der Waals surface area (Å²) in [6.45, 7) is 8.47. The number of carbonyl (C=O) groups is 1. The van der Waals surface area contributed by atoms with E-state index in [1.807, 2.05) is 62.0 Å². The Labute approximate surface area is 131 Å². The molecule has 0 fully saturated rings. The Morgan fingerprint density at radius 2 is 1.91 bits per heavy atom. The topological polar surface area (TPSA) is 44.1 Å². The van der Waals surface area contributed by atoms with Crippen LogP contribution in [0.25, 0.3) is 17.3 Å². The zero-order chi connectivity index (χ0) is 16.2. The molecule has 0 unspecified atom stereocenters. The first-order chi connectivity index (χ1) is 10.4. The van der Waals surface area contributed by atoms with Gasteiger partial charge in [0.25, 0.3) is 0 Å². The van der Waals surface area contributed by atoms with Gasteiger partial charge in [-0.25, -0.2) is 4.79 Å². The molecule has 1 aromatic heterocycles. The Bertz CT molecular complexity index is 661. The molecule has 0 saturated carbocycles. The Morgan fingerprint density at radius 3 is 2.45 bits per heavy atom. The van der Waals surface area contributed by atoms with E-state index < -0.39 is 5.60 Å². The van der Waals surface area contributed by atoms with Crippen molar-refractivity contribution in [3.8, 4) is 11.3 Å². The Balaban J connectivity index is 2.04. The fourth-order valence-electron chi connectivity index (χ4n) is 1.96. The van der Waals surface area contributed by atoms with Crippen molar-refractivity contribution < 1.29 is 9.53 Å². The number of benzene rings is 1. The van der Waals surface area contributed by atoms with Gasteiger partial charge in [-0.3, -0.25) is 4.68 Å². The van der Waals surface area contributed by atoms with Crippen molar-refractivity contribution in [3.05, 3.63) is 48.2 Å². The third kappa shape index (κ3) is 4.58. The zero-order valence-electron chi connectivity index (χ0n) is 13.5. The molecule has 22 heavy (non-hydrogen) atoms. The van der Waals surface area contributed by atoms with Gasteiger partial charge in [0.15, 0.2) is 0 Å². The Hall–Kier alpha value is -2.36. The van der Waals surface area contributed by atoms with E-state index in [0.717, 1.165) is 23.4 Å². The van der Waals surface area contributed by atoms with Crippen LogP contribution in [0.2, 0.25) is 0 Å². The molecule has 1 heterocycles. The minimum absolute atomic E-state index is 0.335. The van der Waals surface area contributed by atoms with Gasteiger partial charge in [0.05, 0.1) is 5.69 Å². The maximum Gasteiger partial charge on any atom is 0.331 e. The highest BCUT2D eigenvalue weighted by Crippen LogP contribution is 2.18. The second kappa shape index (κ2) is 6.60. The summed E-state index contributed by atoms with van der Waals surface area (Å²) in [6, 6.07) is 9.91. The van der Waals surface area contributed by atoms with Gasteiger partial charge in [-0.1, -0.05) is 24.3 Å². The van der Waals surface area contributed by atoms with E-state index in [1.54, 1.807) is 6.08 Å². The molecule has 0 bridgehead atoms. The molecule has 0 aliphatic rings. The van der Waals surface area contributed by atoms with Crippen molar-refractivity contribution in [2.75, 3.05) is 0 Å². The summed E-state index contributed by atoms with van der Waals surface area (Å²) in [5, 5.41) is 4.47. The summed E-state index contributed by atoms with van der Waals surface area (Å²) in [5.41, 5.74) is 2.49. The number of hydrogen-bond donors (Lipinski definition) is 0. The molecule has 0 atom stereocenters. The van der Waals surface area contributed by atoms with Gasteiger partial charge in [-0.15, -0.1) is 0 Å². The molecular formula is C18H22N2O2. The summed E-state index contributed by atoms with van der Waals surface area (Å²) in [4.78, 5) is 11.6. The molecule has 4 nitrogen and oxygen atoms in total. The number of rotatable bonds is 4. The van der Waals surface area contributed by atoms with Crippen LogP contribution in [0.4, 0.5) is 0 Å². The van der Waals surface area contributed by atoms with Crippen molar-refractivity contribution >= 4 is 12.0 Å². The third-order valence-electron chi connectivity index (χ3n) is 2.99. The maximum absolute atomic E-state index is 11.6. The van der Waals surface area contributed by atoms with Crippen molar-refractivity contribution in [3.63, 3.8) is 0 Å². The lowest BCUT2D eigenvalue weighted by molar-refractivity contribution is -0.148. The van der Waals surface area contributed by atoms with Crippen LogP contribution in [0, 0.1) is 0 Å². The van der Waals surface area contributed by atoms with Crippen molar-refractivity contribution in [1.82, 2.24) is 9.78 Å². The quantitative estimate of drug-likeness (QED) is 0.634. The molecule has 0 aliphatic heterocycles. The fraction of sp³-hybridized carbons (Fsp3) is 0.333. The highest BCUT2D eigenvalue weighted by atomic mass is 16.6. The molecule has 2 aromatic rings. The molecule has 116 valence electrons. The third-order valence-corrected chi connectivity index (χ3v) is 2.99. The number of aromatic nitrogens is 2. The highest BCUT2D eigenvalue weighted by molar-refractivity contribution is 5.87. The van der Waals surface area contributed by atoms with Gasteiger partial charge in [0.1, 0.15) is 5.60 Å². The van der Waals surface area contributed by atoms with Crippen molar-refractivity contribution in [2.24, 2.45) is 0 Å². The van der Waals surface area contributed by atoms with Crippen molar-refractivity contribution in [1.29, 1.82) is 0 Å². The van der Waals surface area contributed by atoms with Crippen LogP contribution in [-0.4, -0.2) is 21.4 Å². The first kappa shape index (κ1) is 16.0. The number of carbonyl (C=O) groups excluding carboxylic acids is 1. The number of esters is 1. The summed E-state index contributed by atoms with van der Waals surface area (Å²) in [6.07, 6.45) is 5.17. The largest absolute Gasteiger partial charge is 0.457 e. The lowest BCUT2D eigenvalue weighted by Gasteiger charge is -2.17. The number of hydrogen-bond acceptors (Lipinski definition) is 3. The van der Waals surface area contributed by atoms with E-state index in [4.69, 9.17) is 4.74 Å². The van der Waals surface area contributed by atoms with Crippen LogP contribution in [0.3, 0.4) is 0 Å². The molecule has 0 saturated heterocycles. The van der Waals surface area contributed by atoms with Crippen LogP contribution in [-0.2, 0) is 16.1 Å². The monoisotopic (exact) mass is 298 g/mol. The minimum atomic E-state index is -0.469. The molecule has 0 aliphatic carbocycles. The predicted octanol–water partition coefficient (Wildman–Crippen LogP) is 3.92. The molecule has 2 rings (SSSR count). The van der Waals surface area contributed by atoms with Crippen molar-refractivity contribution in [2.45, 2.75) is 39.8 Å². The van der Waals surface area contributed by atoms with Crippen LogP contribution in [0.5, 0.6) is 0 Å². The molecule has 1 aromatic carbocycles. The zero-order valence-corrected chi connectivity index (χ0v) is 13.5. The smallest absolute Gasteiger partial charge is 0.331 e. The van der Waals surface area contributed by atoms with Gasteiger partial charge in [-0.05, 0) is 45.4 Å². The van der Waals surface area contributed by atoms with E-state index >= 15 is 0 Å². The SMILES string of the molecule is CCn1ccc(-c2ccc(C=CC(=O)OC(C)(C)C)cc2)n1. The highest BCUT2D eigenvalue weighted by Gasteiger charge is 2.13. The van der Waals surface area contributed by atoms with Gasteiger partial charge in [-0.2, -0.15) is 5.10 Å². The second-order valence-electron chi connectivity index (χ2n) is 6.05. The summed E-state index contributed by atoms with van der Waals surface area (Å²) in [7, 11) is 0. The van der Waals surface area contributed by atoms with E-state index in [2.05, 4.69) is 12.0 Å². The van der Waals surface area contributed by atoms with E-state index in [0.29, 0.717) is 0 Å². The normalized spacial score (nSPS) is 11.8. The first-order valence-electron chi connectivity index (χ1n) is 7.42. The van der Waals surface area contributed by atoms with Crippen LogP contribution < -0.4 is 0 Å². The molecule has 0 N–H and O–H groups in total. The fourth-order valence-corrected chi connectivity index (χ4v) is 1.96. The molecular weight excluding hydrogens is 276 g/mol. The standard InChI is InChI=1S/C18H22N2O2/c1-5-20-13-12-16(19-20)15-9-6-14(7-10-15)8-11-17(21)22-18(2,3)4/h6-13H,5H2,1-4H3. The van der Waals surface area contributed by atoms with Gasteiger partial charge >= 0.3 is 5.97 Å². The van der Waals surface area contributed by atoms with E-state index in [-0.39, 0.29) is 5.97 Å². The molecule has 0 spiro atoms. The van der Waals surface area contributed by atoms with Crippen LogP contribution in [0.15, 0.2) is 42.6 Å². The second-order valence-corrected chi connectivity index (χ2v) is 6.05. The Kier molecular flexibility index (Phi) is 4.81. The van der Waals surface area contributed by atoms with Gasteiger partial charge < -0.3 is 4.74 Å². The Morgan fingerprint density at radius 1 is 1.23 bits per heavy atom. The average Bonchev–Trinajstić information content (AvgIpc) is 2.93. The summed E-state index contributed by atoms with van der Waals surface area (Å²) in [5.74, 6) is -0.335. The summed E-state index contributed by atoms with van der Waals surface area (Å²) >= 11 is 0. The first-order valence-corrected chi connectivity index (χ1v) is 7.42. The van der Waals surface area contributed by atoms with Crippen LogP contribution >= 0.6 is 0 Å². The number of ether oxygens (including phenoxy) is 1. The molecule has 4 heteroatoms. The lowest BCUT2D eigenvalue weighted by Crippen LogP contribution is -2.22. The predicted molar refractivity (Wildman–Crippen MR) is 88.2 cm³/mol. The number of nitrogens with zero attached hydrogens (tertiary/aromatic N) is 2. The van der Waals surface area contributed by atoms with Gasteiger partial charge in [0, 0.05) is 24.4 Å². The maximum atomic E-state index is 11.6. The van der Waals surface area contributed by atoms with Crippen LogP contribution in [0.1, 0.15) is 33.3 Å².